The highest BCUT2D eigenvalue weighted by molar-refractivity contribution is 6.30. The fraction of sp³-hybridized carbons (Fsp3) is 0.391. The molecular formula is C23H24ClNO4. The molecule has 0 atom stereocenters. The molecule has 2 aromatic carbocycles. The van der Waals surface area contributed by atoms with E-state index >= 15 is 0 Å². The van der Waals surface area contributed by atoms with E-state index in [1.807, 2.05) is 26.0 Å². The summed E-state index contributed by atoms with van der Waals surface area (Å²) >= 11 is 5.86. The van der Waals surface area contributed by atoms with E-state index in [0.29, 0.717) is 54.4 Å². The Labute approximate surface area is 175 Å². The lowest BCUT2D eigenvalue weighted by Crippen LogP contribution is -2.53. The molecule has 1 spiro atoms. The zero-order chi connectivity index (χ0) is 20.6. The number of ketones is 1. The van der Waals surface area contributed by atoms with Gasteiger partial charge >= 0.3 is 0 Å². The van der Waals surface area contributed by atoms with Crippen molar-refractivity contribution in [3.63, 3.8) is 0 Å². The minimum absolute atomic E-state index is 0.0182. The molecule has 1 fully saturated rings. The summed E-state index contributed by atoms with van der Waals surface area (Å²) in [5, 5.41) is 0.624. The molecule has 1 saturated heterocycles. The monoisotopic (exact) mass is 413 g/mol. The Morgan fingerprint density at radius 2 is 1.86 bits per heavy atom. The fourth-order valence-electron chi connectivity index (χ4n) is 4.15. The number of amides is 1. The highest BCUT2D eigenvalue weighted by Crippen LogP contribution is 2.41. The second-order valence-electron chi connectivity index (χ2n) is 7.97. The molecular weight excluding hydrogens is 390 g/mol. The summed E-state index contributed by atoms with van der Waals surface area (Å²) in [7, 11) is 0. The molecule has 0 aliphatic carbocycles. The van der Waals surface area contributed by atoms with E-state index in [4.69, 9.17) is 21.1 Å². The molecule has 2 heterocycles. The average Bonchev–Trinajstić information content (AvgIpc) is 2.69. The maximum absolute atomic E-state index is 12.8. The lowest BCUT2D eigenvalue weighted by molar-refractivity contribution is -0.136. The number of hydrogen-bond donors (Lipinski definition) is 0. The number of nitrogens with zero attached hydrogens (tertiary/aromatic N) is 1. The van der Waals surface area contributed by atoms with E-state index in [0.717, 1.165) is 11.1 Å². The van der Waals surface area contributed by atoms with Gasteiger partial charge in [0.25, 0.3) is 5.91 Å². The van der Waals surface area contributed by atoms with Crippen molar-refractivity contribution in [2.75, 3.05) is 19.7 Å². The first kappa shape index (κ1) is 19.8. The summed E-state index contributed by atoms with van der Waals surface area (Å²) < 4.78 is 12.0. The first-order valence-electron chi connectivity index (χ1n) is 9.85. The van der Waals surface area contributed by atoms with Gasteiger partial charge in [-0.15, -0.1) is 0 Å². The van der Waals surface area contributed by atoms with Crippen molar-refractivity contribution in [3.8, 4) is 11.5 Å². The Morgan fingerprint density at radius 1 is 1.17 bits per heavy atom. The normalized spacial score (nSPS) is 17.6. The molecule has 0 radical (unpaired) electrons. The number of aryl methyl sites for hydroxylation is 2. The SMILES string of the molecule is Cc1cc(C)c2c(c1)C(=O)CC1(CCN(C(=O)COc3ccc(Cl)cc3)CC1)O2. The first-order valence-corrected chi connectivity index (χ1v) is 10.2. The van der Waals surface area contributed by atoms with Gasteiger partial charge in [-0.25, -0.2) is 0 Å². The average molecular weight is 414 g/mol. The molecule has 2 aliphatic rings. The Morgan fingerprint density at radius 3 is 2.55 bits per heavy atom. The number of carbonyl (C=O) groups excluding carboxylic acids is 2. The highest BCUT2D eigenvalue weighted by atomic mass is 35.5. The number of fused-ring (bicyclic) bond motifs is 1. The van der Waals surface area contributed by atoms with Crippen molar-refractivity contribution < 1.29 is 19.1 Å². The van der Waals surface area contributed by atoms with E-state index in [1.165, 1.54) is 0 Å². The van der Waals surface area contributed by atoms with Gasteiger partial charge in [-0.05, 0) is 55.3 Å². The van der Waals surface area contributed by atoms with Gasteiger partial charge in [-0.3, -0.25) is 9.59 Å². The van der Waals surface area contributed by atoms with Gasteiger partial charge in [0.2, 0.25) is 0 Å². The summed E-state index contributed by atoms with van der Waals surface area (Å²) in [6.45, 7) is 5.05. The smallest absolute Gasteiger partial charge is 0.260 e. The summed E-state index contributed by atoms with van der Waals surface area (Å²) in [4.78, 5) is 27.1. The molecule has 1 amide bonds. The highest BCUT2D eigenvalue weighted by Gasteiger charge is 2.44. The van der Waals surface area contributed by atoms with Crippen LogP contribution in [0.25, 0.3) is 0 Å². The molecule has 6 heteroatoms. The molecule has 0 aromatic heterocycles. The number of rotatable bonds is 3. The van der Waals surface area contributed by atoms with Crippen molar-refractivity contribution in [2.45, 2.75) is 38.7 Å². The molecule has 152 valence electrons. The van der Waals surface area contributed by atoms with E-state index < -0.39 is 5.60 Å². The van der Waals surface area contributed by atoms with E-state index in [1.54, 1.807) is 29.2 Å². The Bertz CT molecular complexity index is 946. The standard InChI is InChI=1S/C23H24ClNO4/c1-15-11-16(2)22-19(12-15)20(26)13-23(29-22)7-9-25(10-8-23)21(27)14-28-18-5-3-17(24)4-6-18/h3-6,11-12H,7-10,13-14H2,1-2H3. The number of ether oxygens (including phenoxy) is 2. The number of piperidine rings is 1. The Balaban J connectivity index is 1.38. The third-order valence-corrected chi connectivity index (χ3v) is 5.98. The summed E-state index contributed by atoms with van der Waals surface area (Å²) in [6, 6.07) is 10.9. The van der Waals surface area contributed by atoms with Gasteiger partial charge in [0.1, 0.15) is 17.1 Å². The molecule has 5 nitrogen and oxygen atoms in total. The first-order chi connectivity index (χ1) is 13.8. The van der Waals surface area contributed by atoms with Crippen LogP contribution in [0.15, 0.2) is 36.4 Å². The van der Waals surface area contributed by atoms with Gasteiger partial charge in [0.05, 0.1) is 12.0 Å². The number of benzene rings is 2. The van der Waals surface area contributed by atoms with Gasteiger partial charge in [-0.1, -0.05) is 17.7 Å². The van der Waals surface area contributed by atoms with Crippen LogP contribution in [0.1, 0.15) is 40.7 Å². The van der Waals surface area contributed by atoms with E-state index in [2.05, 4.69) is 0 Å². The molecule has 29 heavy (non-hydrogen) atoms. The summed E-state index contributed by atoms with van der Waals surface area (Å²) in [5.74, 6) is 1.38. The largest absolute Gasteiger partial charge is 0.486 e. The maximum atomic E-state index is 12.8. The van der Waals surface area contributed by atoms with E-state index in [-0.39, 0.29) is 18.3 Å². The number of Topliss-reactive ketones (excluding diaryl/α,β-unsaturated/α-hetero) is 1. The lowest BCUT2D eigenvalue weighted by atomic mass is 9.81. The second kappa shape index (κ2) is 7.71. The Hall–Kier alpha value is -2.53. The fourth-order valence-corrected chi connectivity index (χ4v) is 4.27. The van der Waals surface area contributed by atoms with Crippen molar-refractivity contribution in [3.05, 3.63) is 58.1 Å². The number of hydrogen-bond acceptors (Lipinski definition) is 4. The van der Waals surface area contributed by atoms with Crippen LogP contribution in [0, 0.1) is 13.8 Å². The van der Waals surface area contributed by atoms with Crippen molar-refractivity contribution in [2.24, 2.45) is 0 Å². The maximum Gasteiger partial charge on any atom is 0.260 e. The predicted molar refractivity (Wildman–Crippen MR) is 111 cm³/mol. The lowest BCUT2D eigenvalue weighted by Gasteiger charge is -2.44. The molecule has 4 rings (SSSR count). The van der Waals surface area contributed by atoms with Gasteiger partial charge in [-0.2, -0.15) is 0 Å². The molecule has 2 aliphatic heterocycles. The number of halogens is 1. The minimum atomic E-state index is -0.516. The van der Waals surface area contributed by atoms with Crippen LogP contribution in [0.3, 0.4) is 0 Å². The van der Waals surface area contributed by atoms with Crippen LogP contribution in [0.4, 0.5) is 0 Å². The van der Waals surface area contributed by atoms with Crippen LogP contribution in [0.5, 0.6) is 11.5 Å². The van der Waals surface area contributed by atoms with Crippen LogP contribution >= 0.6 is 11.6 Å². The number of carbonyl (C=O) groups is 2. The molecule has 0 bridgehead atoms. The van der Waals surface area contributed by atoms with Gasteiger partial charge < -0.3 is 14.4 Å². The minimum Gasteiger partial charge on any atom is -0.486 e. The van der Waals surface area contributed by atoms with Crippen molar-refractivity contribution in [1.82, 2.24) is 4.90 Å². The van der Waals surface area contributed by atoms with Gasteiger partial charge in [0, 0.05) is 31.0 Å². The zero-order valence-corrected chi connectivity index (χ0v) is 17.4. The van der Waals surface area contributed by atoms with E-state index in [9.17, 15) is 9.59 Å². The topological polar surface area (TPSA) is 55.8 Å². The summed E-state index contributed by atoms with van der Waals surface area (Å²) in [6.07, 6.45) is 1.64. The van der Waals surface area contributed by atoms with Crippen LogP contribution < -0.4 is 9.47 Å². The van der Waals surface area contributed by atoms with Crippen molar-refractivity contribution >= 4 is 23.3 Å². The summed E-state index contributed by atoms with van der Waals surface area (Å²) in [5.41, 5.74) is 2.22. The molecule has 2 aromatic rings. The molecule has 0 N–H and O–H groups in total. The molecule has 0 saturated carbocycles. The quantitative estimate of drug-likeness (QED) is 0.750. The van der Waals surface area contributed by atoms with Crippen LogP contribution in [-0.2, 0) is 4.79 Å². The van der Waals surface area contributed by atoms with Gasteiger partial charge in [0.15, 0.2) is 12.4 Å². The van der Waals surface area contributed by atoms with Crippen LogP contribution in [-0.4, -0.2) is 41.9 Å². The van der Waals surface area contributed by atoms with Crippen molar-refractivity contribution in [1.29, 1.82) is 0 Å². The molecule has 0 unspecified atom stereocenters. The third kappa shape index (κ3) is 4.10. The third-order valence-electron chi connectivity index (χ3n) is 5.72. The zero-order valence-electron chi connectivity index (χ0n) is 16.7. The predicted octanol–water partition coefficient (Wildman–Crippen LogP) is 4.36. The Kier molecular flexibility index (Phi) is 5.26. The second-order valence-corrected chi connectivity index (χ2v) is 8.40. The number of likely N-dealkylation sites (tertiary alicyclic amines) is 1. The van der Waals surface area contributed by atoms with Crippen LogP contribution in [0.2, 0.25) is 5.02 Å².